The van der Waals surface area contributed by atoms with Crippen molar-refractivity contribution < 1.29 is 14.3 Å². The van der Waals surface area contributed by atoms with Crippen molar-refractivity contribution in [1.29, 1.82) is 0 Å². The Morgan fingerprint density at radius 2 is 2.26 bits per heavy atom. The fraction of sp³-hybridized carbons (Fsp3) is 0.462. The molecule has 0 bridgehead atoms. The highest BCUT2D eigenvalue weighted by molar-refractivity contribution is 5.80. The summed E-state index contributed by atoms with van der Waals surface area (Å²) in [5.74, 6) is -0.0335. The molecule has 0 aromatic heterocycles. The molecule has 0 heterocycles. The molecule has 0 fully saturated rings. The van der Waals surface area contributed by atoms with Gasteiger partial charge in [0.25, 0.3) is 0 Å². The first-order valence-electron chi connectivity index (χ1n) is 6.26. The predicted molar refractivity (Wildman–Crippen MR) is 73.3 cm³/mol. The van der Waals surface area contributed by atoms with Crippen LogP contribution >= 0.6 is 0 Å². The lowest BCUT2D eigenvalue weighted by atomic mass is 10.1. The zero-order chi connectivity index (χ0) is 14.3. The van der Waals surface area contributed by atoms with Gasteiger partial charge in [0.15, 0.2) is 11.6 Å². The summed E-state index contributed by atoms with van der Waals surface area (Å²) in [5, 5.41) is 14.6. The second-order valence-corrected chi connectivity index (χ2v) is 4.12. The summed E-state index contributed by atoms with van der Waals surface area (Å²) in [6.45, 7) is 4.19. The molecule has 0 saturated heterocycles. The smallest absolute Gasteiger partial charge is 0.167 e. The normalized spacial score (nSPS) is 13.1. The van der Waals surface area contributed by atoms with E-state index in [1.54, 1.807) is 19.1 Å². The van der Waals surface area contributed by atoms with Crippen LogP contribution in [0.15, 0.2) is 23.4 Å². The summed E-state index contributed by atoms with van der Waals surface area (Å²) in [5.41, 5.74) is 6.10. The van der Waals surface area contributed by atoms with E-state index in [2.05, 4.69) is 10.5 Å². The number of hydrogen-bond acceptors (Lipinski definition) is 4. The Morgan fingerprint density at radius 1 is 1.53 bits per heavy atom. The molecule has 0 aliphatic carbocycles. The monoisotopic (exact) mass is 269 g/mol. The van der Waals surface area contributed by atoms with Gasteiger partial charge in [-0.05, 0) is 25.5 Å². The minimum atomic E-state index is -0.412. The van der Waals surface area contributed by atoms with Gasteiger partial charge in [0, 0.05) is 24.2 Å². The zero-order valence-electron chi connectivity index (χ0n) is 11.2. The molecule has 1 aromatic rings. The van der Waals surface area contributed by atoms with Crippen molar-refractivity contribution in [1.82, 2.24) is 0 Å². The van der Waals surface area contributed by atoms with Gasteiger partial charge in [0.1, 0.15) is 5.84 Å². The van der Waals surface area contributed by atoms with Crippen LogP contribution in [0, 0.1) is 5.82 Å². The minimum absolute atomic E-state index is 0.0201. The van der Waals surface area contributed by atoms with Crippen molar-refractivity contribution in [3.8, 4) is 5.75 Å². The number of benzene rings is 1. The minimum Gasteiger partial charge on any atom is -0.491 e. The molecule has 0 saturated carbocycles. The van der Waals surface area contributed by atoms with Crippen LogP contribution in [0.4, 0.5) is 10.1 Å². The Balaban J connectivity index is 2.72. The van der Waals surface area contributed by atoms with Gasteiger partial charge in [-0.2, -0.15) is 0 Å². The van der Waals surface area contributed by atoms with E-state index in [1.165, 1.54) is 6.07 Å². The summed E-state index contributed by atoms with van der Waals surface area (Å²) in [6, 6.07) is 4.67. The molecule has 0 radical (unpaired) electrons. The molecule has 1 atom stereocenters. The molecule has 4 N–H and O–H groups in total. The van der Waals surface area contributed by atoms with E-state index in [0.717, 1.165) is 6.42 Å². The molecule has 0 amide bonds. The number of hydrogen-bond donors (Lipinski definition) is 3. The van der Waals surface area contributed by atoms with Gasteiger partial charge in [-0.15, -0.1) is 0 Å². The van der Waals surface area contributed by atoms with Gasteiger partial charge in [-0.3, -0.25) is 0 Å². The average Bonchev–Trinajstić information content (AvgIpc) is 2.41. The average molecular weight is 269 g/mol. The molecule has 0 aliphatic rings. The van der Waals surface area contributed by atoms with E-state index in [-0.39, 0.29) is 17.6 Å². The van der Waals surface area contributed by atoms with Crippen molar-refractivity contribution in [2.45, 2.75) is 32.7 Å². The number of oxime groups is 1. The molecule has 106 valence electrons. The molecule has 19 heavy (non-hydrogen) atoms. The molecular weight excluding hydrogens is 249 g/mol. The van der Waals surface area contributed by atoms with Crippen molar-refractivity contribution in [3.63, 3.8) is 0 Å². The van der Waals surface area contributed by atoms with Crippen molar-refractivity contribution in [2.24, 2.45) is 10.9 Å². The Bertz CT molecular complexity index is 438. The molecule has 6 heteroatoms. The van der Waals surface area contributed by atoms with Crippen molar-refractivity contribution in [3.05, 3.63) is 24.0 Å². The first-order valence-corrected chi connectivity index (χ1v) is 6.26. The number of nitrogens with one attached hydrogen (secondary N) is 1. The number of halogens is 1. The van der Waals surface area contributed by atoms with Gasteiger partial charge in [-0.1, -0.05) is 12.1 Å². The highest BCUT2D eigenvalue weighted by atomic mass is 19.1. The Labute approximate surface area is 112 Å². The maximum atomic E-state index is 13.7. The number of rotatable bonds is 7. The number of anilines is 1. The van der Waals surface area contributed by atoms with Gasteiger partial charge >= 0.3 is 0 Å². The molecule has 1 aromatic carbocycles. The van der Waals surface area contributed by atoms with E-state index >= 15 is 0 Å². The topological polar surface area (TPSA) is 79.9 Å². The van der Waals surface area contributed by atoms with Gasteiger partial charge in [-0.25, -0.2) is 4.39 Å². The zero-order valence-corrected chi connectivity index (χ0v) is 11.2. The lowest BCUT2D eigenvalue weighted by molar-refractivity contribution is 0.316. The standard InChI is InChI=1S/C13H20FN3O2/c1-3-9(8-13(15)17-18)16-10-5-6-12(19-4-2)11(14)7-10/h5-7,9,16,18H,3-4,8H2,1-2H3,(H2,15,17). The molecule has 0 aliphatic heterocycles. The molecule has 1 unspecified atom stereocenters. The fourth-order valence-corrected chi connectivity index (χ4v) is 1.69. The van der Waals surface area contributed by atoms with Crippen LogP contribution in [0.3, 0.4) is 0 Å². The maximum Gasteiger partial charge on any atom is 0.167 e. The summed E-state index contributed by atoms with van der Waals surface area (Å²) in [7, 11) is 0. The van der Waals surface area contributed by atoms with E-state index in [4.69, 9.17) is 15.7 Å². The Kier molecular flexibility index (Phi) is 5.92. The van der Waals surface area contributed by atoms with Crippen LogP contribution < -0.4 is 15.8 Å². The van der Waals surface area contributed by atoms with Crippen molar-refractivity contribution >= 4 is 11.5 Å². The third-order valence-corrected chi connectivity index (χ3v) is 2.68. The predicted octanol–water partition coefficient (Wildman–Crippen LogP) is 2.55. The highest BCUT2D eigenvalue weighted by Gasteiger charge is 2.10. The summed E-state index contributed by atoms with van der Waals surface area (Å²) in [4.78, 5) is 0. The first kappa shape index (κ1) is 15.1. The second kappa shape index (κ2) is 7.45. The lowest BCUT2D eigenvalue weighted by Gasteiger charge is -2.18. The Hall–Kier alpha value is -1.98. The van der Waals surface area contributed by atoms with Gasteiger partial charge < -0.3 is 21.0 Å². The van der Waals surface area contributed by atoms with Crippen LogP contribution in [-0.2, 0) is 0 Å². The third kappa shape index (κ3) is 4.65. The van der Waals surface area contributed by atoms with Crippen LogP contribution in [0.25, 0.3) is 0 Å². The van der Waals surface area contributed by atoms with E-state index in [0.29, 0.717) is 18.7 Å². The van der Waals surface area contributed by atoms with Crippen LogP contribution in [0.5, 0.6) is 5.75 Å². The third-order valence-electron chi connectivity index (χ3n) is 2.68. The quantitative estimate of drug-likeness (QED) is 0.307. The molecular formula is C13H20FN3O2. The van der Waals surface area contributed by atoms with Crippen molar-refractivity contribution in [2.75, 3.05) is 11.9 Å². The van der Waals surface area contributed by atoms with Gasteiger partial charge in [0.05, 0.1) is 6.61 Å². The van der Waals surface area contributed by atoms with Crippen LogP contribution in [0.1, 0.15) is 26.7 Å². The fourth-order valence-electron chi connectivity index (χ4n) is 1.69. The highest BCUT2D eigenvalue weighted by Crippen LogP contribution is 2.22. The summed E-state index contributed by atoms with van der Waals surface area (Å²) >= 11 is 0. The Morgan fingerprint density at radius 3 is 2.79 bits per heavy atom. The molecule has 5 nitrogen and oxygen atoms in total. The molecule has 1 rings (SSSR count). The van der Waals surface area contributed by atoms with E-state index in [1.807, 2.05) is 6.92 Å². The number of nitrogens with zero attached hydrogens (tertiary/aromatic N) is 1. The number of amidine groups is 1. The maximum absolute atomic E-state index is 13.7. The van der Waals surface area contributed by atoms with Gasteiger partial charge in [0.2, 0.25) is 0 Å². The van der Waals surface area contributed by atoms with E-state index < -0.39 is 5.82 Å². The lowest BCUT2D eigenvalue weighted by Crippen LogP contribution is -2.26. The molecule has 0 spiro atoms. The van der Waals surface area contributed by atoms with Crippen LogP contribution in [0.2, 0.25) is 0 Å². The largest absolute Gasteiger partial charge is 0.491 e. The first-order chi connectivity index (χ1) is 9.10. The summed E-state index contributed by atoms with van der Waals surface area (Å²) in [6.07, 6.45) is 1.16. The number of ether oxygens (including phenoxy) is 1. The van der Waals surface area contributed by atoms with E-state index in [9.17, 15) is 4.39 Å². The van der Waals surface area contributed by atoms with Crippen LogP contribution in [-0.4, -0.2) is 23.7 Å². The second-order valence-electron chi connectivity index (χ2n) is 4.12. The summed E-state index contributed by atoms with van der Waals surface area (Å²) < 4.78 is 18.8. The SMILES string of the molecule is CCOc1ccc(NC(CC)C/C(N)=N/O)cc1F. The number of nitrogens with two attached hydrogens (primary N) is 1.